The fourth-order valence-corrected chi connectivity index (χ4v) is 3.27. The second-order valence-corrected chi connectivity index (χ2v) is 6.35. The minimum atomic E-state index is -0.828. The van der Waals surface area contributed by atoms with Gasteiger partial charge in [-0.25, -0.2) is 0 Å². The third-order valence-corrected chi connectivity index (χ3v) is 4.66. The number of Topliss-reactive ketones (excluding diaryl/α,β-unsaturated/α-hetero) is 1. The number of hydrogen-bond donors (Lipinski definition) is 2. The summed E-state index contributed by atoms with van der Waals surface area (Å²) >= 11 is 0. The van der Waals surface area contributed by atoms with E-state index in [-0.39, 0.29) is 36.0 Å². The molecule has 2 amide bonds. The quantitative estimate of drug-likeness (QED) is 0.514. The van der Waals surface area contributed by atoms with Gasteiger partial charge in [0, 0.05) is 12.5 Å². The van der Waals surface area contributed by atoms with Crippen LogP contribution >= 0.6 is 0 Å². The average Bonchev–Trinajstić information content (AvgIpc) is 3.03. The summed E-state index contributed by atoms with van der Waals surface area (Å²) in [6, 6.07) is -0.543. The van der Waals surface area contributed by atoms with Crippen LogP contribution in [0.3, 0.4) is 0 Å². The van der Waals surface area contributed by atoms with Crippen LogP contribution in [0.5, 0.6) is 0 Å². The lowest BCUT2D eigenvalue weighted by Gasteiger charge is -2.26. The van der Waals surface area contributed by atoms with E-state index in [1.54, 1.807) is 11.0 Å². The normalized spacial score (nSPS) is 33.4. The maximum absolute atomic E-state index is 12.6. The Morgan fingerprint density at radius 3 is 2.64 bits per heavy atom. The first-order valence-electron chi connectivity index (χ1n) is 7.54. The smallest absolute Gasteiger partial charge is 0.243 e. The summed E-state index contributed by atoms with van der Waals surface area (Å²) < 4.78 is 0. The summed E-state index contributed by atoms with van der Waals surface area (Å²) in [5.74, 6) is -0.338. The molecule has 2 aliphatic rings. The molecule has 1 saturated heterocycles. The van der Waals surface area contributed by atoms with Gasteiger partial charge in [0.1, 0.15) is 11.6 Å². The Morgan fingerprint density at radius 1 is 1.45 bits per heavy atom. The van der Waals surface area contributed by atoms with E-state index < -0.39 is 11.6 Å². The lowest BCUT2D eigenvalue weighted by atomic mass is 10.1. The number of hydrogen-bond acceptors (Lipinski definition) is 4. The molecule has 2 fully saturated rings. The van der Waals surface area contributed by atoms with Gasteiger partial charge in [-0.05, 0) is 25.7 Å². The molecule has 0 bridgehead atoms. The highest BCUT2D eigenvalue weighted by Gasteiger charge is 2.58. The fourth-order valence-electron chi connectivity index (χ4n) is 3.27. The highest BCUT2D eigenvalue weighted by atomic mass is 16.2. The van der Waals surface area contributed by atoms with Crippen LogP contribution in [0.1, 0.15) is 26.7 Å². The lowest BCUT2D eigenvalue weighted by molar-refractivity contribution is -0.138. The van der Waals surface area contributed by atoms with Crippen LogP contribution < -0.4 is 10.5 Å². The molecule has 2 rings (SSSR count). The summed E-state index contributed by atoms with van der Waals surface area (Å²) in [5.41, 5.74) is -0.828. The van der Waals surface area contributed by atoms with Crippen LogP contribution in [0.25, 0.3) is 0 Å². The molecule has 0 aromatic rings. The molecule has 6 nitrogen and oxygen atoms in total. The van der Waals surface area contributed by atoms with Crippen LogP contribution in [0, 0.1) is 11.8 Å². The third kappa shape index (κ3) is 2.95. The first kappa shape index (κ1) is 16.7. The Morgan fingerprint density at radius 2 is 2.14 bits per heavy atom. The zero-order valence-electron chi connectivity index (χ0n) is 13.1. The van der Waals surface area contributed by atoms with Gasteiger partial charge < -0.3 is 15.4 Å². The molecule has 4 atom stereocenters. The van der Waals surface area contributed by atoms with Crippen molar-refractivity contribution in [3.63, 3.8) is 0 Å². The molecule has 118 valence electrons. The van der Waals surface area contributed by atoms with Gasteiger partial charge in [-0.15, -0.1) is 6.58 Å². The first-order valence-corrected chi connectivity index (χ1v) is 7.54. The first-order chi connectivity index (χ1) is 10.4. The number of amides is 2. The minimum Gasteiger partial charge on any atom is -0.359 e. The van der Waals surface area contributed by atoms with E-state index in [9.17, 15) is 14.4 Å². The highest BCUT2D eigenvalue weighted by molar-refractivity contribution is 6.06. The summed E-state index contributed by atoms with van der Waals surface area (Å²) in [4.78, 5) is 38.1. The van der Waals surface area contributed by atoms with E-state index >= 15 is 0 Å². The standard InChI is InChI=1S/C15H22BN3O3/c1-4-11-6-15(11,10(3)20)18-14(22)12-5-9(2)8-19(12)13(21)7-17-16/h4,9,11-12,17H,1,5-8H2,2-3H3,(H,18,22)/t9-,11-,12+,15+/m1/s1. The van der Waals surface area contributed by atoms with Crippen molar-refractivity contribution in [2.45, 2.75) is 38.3 Å². The van der Waals surface area contributed by atoms with Crippen molar-refractivity contribution >= 4 is 25.6 Å². The van der Waals surface area contributed by atoms with Crippen molar-refractivity contribution in [1.82, 2.24) is 15.4 Å². The third-order valence-electron chi connectivity index (χ3n) is 4.66. The predicted octanol–water partition coefficient (Wildman–Crippen LogP) is -0.454. The number of likely N-dealkylation sites (tertiary alicyclic amines) is 1. The van der Waals surface area contributed by atoms with Crippen molar-refractivity contribution in [2.24, 2.45) is 11.8 Å². The molecule has 22 heavy (non-hydrogen) atoms. The van der Waals surface area contributed by atoms with Gasteiger partial charge in [-0.1, -0.05) is 13.0 Å². The molecule has 0 aromatic carbocycles. The van der Waals surface area contributed by atoms with Gasteiger partial charge in [0.05, 0.1) is 6.54 Å². The summed E-state index contributed by atoms with van der Waals surface area (Å²) in [5, 5.41) is 5.18. The van der Waals surface area contributed by atoms with Gasteiger partial charge >= 0.3 is 0 Å². The maximum atomic E-state index is 12.6. The molecule has 1 heterocycles. The molecule has 2 radical (unpaired) electrons. The van der Waals surface area contributed by atoms with Gasteiger partial charge in [-0.2, -0.15) is 0 Å². The Bertz CT molecular complexity index is 510. The average molecular weight is 303 g/mol. The highest BCUT2D eigenvalue weighted by Crippen LogP contribution is 2.45. The van der Waals surface area contributed by atoms with Crippen molar-refractivity contribution in [3.8, 4) is 0 Å². The van der Waals surface area contributed by atoms with Crippen LogP contribution in [-0.2, 0) is 14.4 Å². The van der Waals surface area contributed by atoms with E-state index in [1.807, 2.05) is 6.92 Å². The molecular formula is C15H22BN3O3. The Hall–Kier alpha value is -1.63. The molecule has 0 spiro atoms. The number of carbonyl (C=O) groups is 3. The molecule has 0 unspecified atom stereocenters. The lowest BCUT2D eigenvalue weighted by Crippen LogP contribution is -2.53. The molecule has 0 aromatic heterocycles. The van der Waals surface area contributed by atoms with E-state index in [4.69, 9.17) is 7.98 Å². The van der Waals surface area contributed by atoms with Gasteiger partial charge in [0.15, 0.2) is 13.8 Å². The van der Waals surface area contributed by atoms with Crippen molar-refractivity contribution in [3.05, 3.63) is 12.7 Å². The zero-order valence-corrected chi connectivity index (χ0v) is 13.1. The zero-order chi connectivity index (χ0) is 16.5. The van der Waals surface area contributed by atoms with Crippen LogP contribution in [0.15, 0.2) is 12.7 Å². The maximum Gasteiger partial charge on any atom is 0.243 e. The van der Waals surface area contributed by atoms with Crippen molar-refractivity contribution in [2.75, 3.05) is 13.1 Å². The van der Waals surface area contributed by atoms with E-state index in [0.29, 0.717) is 19.4 Å². The molecule has 1 aliphatic heterocycles. The Balaban J connectivity index is 2.09. The number of nitrogens with zero attached hydrogens (tertiary/aromatic N) is 1. The van der Waals surface area contributed by atoms with Crippen molar-refractivity contribution < 1.29 is 14.4 Å². The Labute approximate surface area is 132 Å². The van der Waals surface area contributed by atoms with E-state index in [1.165, 1.54) is 6.92 Å². The number of nitrogens with one attached hydrogen (secondary N) is 2. The van der Waals surface area contributed by atoms with Crippen LogP contribution in [-0.4, -0.2) is 55.1 Å². The number of ketones is 1. The predicted molar refractivity (Wildman–Crippen MR) is 82.9 cm³/mol. The largest absolute Gasteiger partial charge is 0.359 e. The number of carbonyl (C=O) groups excluding carboxylic acids is 3. The second-order valence-electron chi connectivity index (χ2n) is 6.35. The molecule has 2 N–H and O–H groups in total. The molecule has 1 saturated carbocycles. The van der Waals surface area contributed by atoms with Gasteiger partial charge in [-0.3, -0.25) is 14.4 Å². The van der Waals surface area contributed by atoms with Gasteiger partial charge in [0.2, 0.25) is 11.8 Å². The van der Waals surface area contributed by atoms with E-state index in [0.717, 1.165) is 0 Å². The SMILES string of the molecule is [B]NCC(=O)N1C[C@H](C)C[C@H]1C(=O)N[C@]1(C(C)=O)C[C@H]1C=C. The molecule has 1 aliphatic carbocycles. The summed E-state index contributed by atoms with van der Waals surface area (Å²) in [6.07, 6.45) is 2.87. The minimum absolute atomic E-state index is 0.0103. The topological polar surface area (TPSA) is 78.5 Å². The summed E-state index contributed by atoms with van der Waals surface area (Å²) in [7, 11) is 5.19. The molecular weight excluding hydrogens is 281 g/mol. The Kier molecular flexibility index (Phi) is 4.75. The van der Waals surface area contributed by atoms with Crippen LogP contribution in [0.2, 0.25) is 0 Å². The van der Waals surface area contributed by atoms with Gasteiger partial charge in [0.25, 0.3) is 0 Å². The number of rotatable bonds is 6. The summed E-state index contributed by atoms with van der Waals surface area (Å²) in [6.45, 7) is 7.68. The molecule has 7 heteroatoms. The van der Waals surface area contributed by atoms with Crippen molar-refractivity contribution in [1.29, 1.82) is 0 Å². The monoisotopic (exact) mass is 303 g/mol. The fraction of sp³-hybridized carbons (Fsp3) is 0.667. The second kappa shape index (κ2) is 6.24. The van der Waals surface area contributed by atoms with Crippen LogP contribution in [0.4, 0.5) is 0 Å². The van der Waals surface area contributed by atoms with E-state index in [2.05, 4.69) is 17.1 Å².